The lowest BCUT2D eigenvalue weighted by atomic mass is 10.5. The number of nitrogens with zero attached hydrogens (tertiary/aromatic N) is 4. The molecule has 0 amide bonds. The van der Waals surface area contributed by atoms with Crippen LogP contribution in [0.25, 0.3) is 0 Å². The molecule has 0 aromatic carbocycles. The van der Waals surface area contributed by atoms with Gasteiger partial charge in [-0.15, -0.1) is 20.4 Å². The Hall–Kier alpha value is -0.850. The van der Waals surface area contributed by atoms with Crippen LogP contribution >= 0.6 is 11.6 Å². The molecule has 3 N–H and O–H groups in total. The summed E-state index contributed by atoms with van der Waals surface area (Å²) in [6.45, 7) is 1.80. The summed E-state index contributed by atoms with van der Waals surface area (Å²) in [5.74, 6) is 0.507. The predicted octanol–water partition coefficient (Wildman–Crippen LogP) is -1.03. The summed E-state index contributed by atoms with van der Waals surface area (Å²) >= 11 is 5.39. The number of rotatable bonds is 4. The lowest BCUT2D eigenvalue weighted by Crippen LogP contribution is -2.23. The molecule has 66 valence electrons. The molecular formula is C5H9ClN6. The van der Waals surface area contributed by atoms with E-state index in [9.17, 15) is 0 Å². The van der Waals surface area contributed by atoms with E-state index in [1.165, 1.54) is 0 Å². The average Bonchev–Trinajstić information content (AvgIpc) is 2.09. The molecule has 12 heavy (non-hydrogen) atoms. The molecule has 0 radical (unpaired) electrons. The molecule has 0 spiro atoms. The van der Waals surface area contributed by atoms with Crippen molar-refractivity contribution in [2.45, 2.75) is 6.54 Å². The maximum atomic E-state index is 5.39. The van der Waals surface area contributed by atoms with Crippen molar-refractivity contribution in [2.24, 2.45) is 5.73 Å². The molecule has 1 aromatic heterocycles. The van der Waals surface area contributed by atoms with Crippen LogP contribution in [0.5, 0.6) is 0 Å². The largest absolute Gasteiger partial charge is 0.329 e. The van der Waals surface area contributed by atoms with Crippen LogP contribution in [-0.2, 0) is 6.54 Å². The van der Waals surface area contributed by atoms with Crippen LogP contribution in [0.4, 0.5) is 0 Å². The van der Waals surface area contributed by atoms with E-state index in [4.69, 9.17) is 17.3 Å². The fourth-order valence-electron chi connectivity index (χ4n) is 0.611. The summed E-state index contributed by atoms with van der Waals surface area (Å²) < 4.78 is 0. The van der Waals surface area contributed by atoms with Gasteiger partial charge in [-0.2, -0.15) is 0 Å². The highest BCUT2D eigenvalue weighted by atomic mass is 35.5. The van der Waals surface area contributed by atoms with Gasteiger partial charge in [0.1, 0.15) is 0 Å². The second-order valence-corrected chi connectivity index (χ2v) is 2.39. The Kier molecular flexibility index (Phi) is 3.78. The molecule has 0 saturated carbocycles. The van der Waals surface area contributed by atoms with Crippen molar-refractivity contribution in [1.29, 1.82) is 0 Å². The Morgan fingerprint density at radius 1 is 1.25 bits per heavy atom. The topological polar surface area (TPSA) is 89.6 Å². The zero-order chi connectivity index (χ0) is 8.81. The summed E-state index contributed by atoms with van der Waals surface area (Å²) in [7, 11) is 0. The number of nitrogens with two attached hydrogens (primary N) is 1. The molecule has 7 heteroatoms. The van der Waals surface area contributed by atoms with E-state index in [0.717, 1.165) is 0 Å². The first kappa shape index (κ1) is 9.24. The Bertz CT molecular complexity index is 224. The van der Waals surface area contributed by atoms with Gasteiger partial charge in [0, 0.05) is 13.1 Å². The van der Waals surface area contributed by atoms with Gasteiger partial charge in [-0.25, -0.2) is 0 Å². The molecule has 0 fully saturated rings. The van der Waals surface area contributed by atoms with Gasteiger partial charge in [0.2, 0.25) is 0 Å². The molecule has 0 unspecified atom stereocenters. The average molecular weight is 189 g/mol. The smallest absolute Gasteiger partial charge is 0.262 e. The maximum absolute atomic E-state index is 5.39. The Labute approximate surface area is 74.5 Å². The molecule has 0 saturated heterocycles. The van der Waals surface area contributed by atoms with Crippen molar-refractivity contribution in [3.8, 4) is 0 Å². The summed E-state index contributed by atoms with van der Waals surface area (Å²) in [6.07, 6.45) is 0. The molecule has 1 aromatic rings. The number of hydrogen-bond acceptors (Lipinski definition) is 6. The molecule has 0 aliphatic carbocycles. The minimum atomic E-state index is 0.0533. The normalized spacial score (nSPS) is 10.2. The van der Waals surface area contributed by atoms with Gasteiger partial charge in [-0.05, 0) is 11.6 Å². The van der Waals surface area contributed by atoms with Crippen LogP contribution in [0.15, 0.2) is 0 Å². The molecule has 0 aliphatic heterocycles. The molecule has 1 rings (SSSR count). The number of nitrogens with one attached hydrogen (secondary N) is 1. The van der Waals surface area contributed by atoms with E-state index >= 15 is 0 Å². The lowest BCUT2D eigenvalue weighted by molar-refractivity contribution is 0.635. The number of aromatic nitrogens is 4. The van der Waals surface area contributed by atoms with Gasteiger partial charge in [0.15, 0.2) is 5.82 Å². The Balaban J connectivity index is 2.37. The van der Waals surface area contributed by atoms with Crippen LogP contribution in [0.1, 0.15) is 5.82 Å². The summed E-state index contributed by atoms with van der Waals surface area (Å²) in [4.78, 5) is 0. The molecule has 6 nitrogen and oxygen atoms in total. The predicted molar refractivity (Wildman–Crippen MR) is 43.4 cm³/mol. The first-order valence-corrected chi connectivity index (χ1v) is 3.83. The highest BCUT2D eigenvalue weighted by Gasteiger charge is 1.97. The zero-order valence-electron chi connectivity index (χ0n) is 6.37. The van der Waals surface area contributed by atoms with Crippen molar-refractivity contribution < 1.29 is 0 Å². The van der Waals surface area contributed by atoms with Gasteiger partial charge in [0.05, 0.1) is 6.54 Å². The third-order valence-electron chi connectivity index (χ3n) is 1.10. The van der Waals surface area contributed by atoms with Crippen LogP contribution in [0.3, 0.4) is 0 Å². The molecular weight excluding hydrogens is 180 g/mol. The second-order valence-electron chi connectivity index (χ2n) is 2.05. The Morgan fingerprint density at radius 2 is 1.92 bits per heavy atom. The maximum Gasteiger partial charge on any atom is 0.262 e. The summed E-state index contributed by atoms with van der Waals surface area (Å²) in [6, 6.07) is 0. The monoisotopic (exact) mass is 188 g/mol. The standard InChI is InChI=1S/C5H9ClN6/c6-5-11-9-4(10-12-5)3-8-2-1-7/h8H,1-3,7H2. The van der Waals surface area contributed by atoms with Gasteiger partial charge < -0.3 is 11.1 Å². The molecule has 1 heterocycles. The van der Waals surface area contributed by atoms with Crippen LogP contribution in [-0.4, -0.2) is 33.5 Å². The third kappa shape index (κ3) is 3.04. The Morgan fingerprint density at radius 3 is 2.50 bits per heavy atom. The van der Waals surface area contributed by atoms with Crippen molar-refractivity contribution in [1.82, 2.24) is 25.7 Å². The first-order valence-electron chi connectivity index (χ1n) is 3.45. The third-order valence-corrected chi connectivity index (χ3v) is 1.25. The second kappa shape index (κ2) is 4.91. The highest BCUT2D eigenvalue weighted by molar-refractivity contribution is 6.28. The fraction of sp³-hybridized carbons (Fsp3) is 0.600. The van der Waals surface area contributed by atoms with E-state index in [1.54, 1.807) is 0 Å². The van der Waals surface area contributed by atoms with E-state index in [2.05, 4.69) is 25.7 Å². The zero-order valence-corrected chi connectivity index (χ0v) is 7.12. The van der Waals surface area contributed by atoms with Crippen LogP contribution < -0.4 is 11.1 Å². The first-order chi connectivity index (χ1) is 5.83. The minimum absolute atomic E-state index is 0.0533. The van der Waals surface area contributed by atoms with Crippen molar-refractivity contribution in [2.75, 3.05) is 13.1 Å². The van der Waals surface area contributed by atoms with Crippen molar-refractivity contribution in [3.05, 3.63) is 11.1 Å². The summed E-state index contributed by atoms with van der Waals surface area (Å²) in [5, 5.41) is 17.5. The van der Waals surface area contributed by atoms with Crippen molar-refractivity contribution in [3.63, 3.8) is 0 Å². The SMILES string of the molecule is NCCNCc1nnc(Cl)nn1. The quantitative estimate of drug-likeness (QED) is 0.588. The van der Waals surface area contributed by atoms with Crippen LogP contribution in [0.2, 0.25) is 5.28 Å². The van der Waals surface area contributed by atoms with E-state index in [0.29, 0.717) is 25.5 Å². The molecule has 0 atom stereocenters. The van der Waals surface area contributed by atoms with Gasteiger partial charge in [-0.1, -0.05) is 0 Å². The van der Waals surface area contributed by atoms with E-state index in [-0.39, 0.29) is 5.28 Å². The fourth-order valence-corrected chi connectivity index (χ4v) is 0.687. The van der Waals surface area contributed by atoms with Gasteiger partial charge in [0.25, 0.3) is 5.28 Å². The van der Waals surface area contributed by atoms with E-state index < -0.39 is 0 Å². The summed E-state index contributed by atoms with van der Waals surface area (Å²) in [5.41, 5.74) is 5.26. The van der Waals surface area contributed by atoms with Gasteiger partial charge >= 0.3 is 0 Å². The molecule has 0 aliphatic rings. The number of hydrogen-bond donors (Lipinski definition) is 2. The van der Waals surface area contributed by atoms with Crippen LogP contribution in [0, 0.1) is 0 Å². The highest BCUT2D eigenvalue weighted by Crippen LogP contribution is 1.92. The van der Waals surface area contributed by atoms with Gasteiger partial charge in [-0.3, -0.25) is 0 Å². The minimum Gasteiger partial charge on any atom is -0.329 e. The molecule has 0 bridgehead atoms. The number of halogens is 1. The lowest BCUT2D eigenvalue weighted by Gasteiger charge is -1.98. The van der Waals surface area contributed by atoms with E-state index in [1.807, 2.05) is 0 Å². The van der Waals surface area contributed by atoms with Crippen molar-refractivity contribution >= 4 is 11.6 Å².